The quantitative estimate of drug-likeness (QED) is 0.504. The third-order valence-electron chi connectivity index (χ3n) is 1.58. The van der Waals surface area contributed by atoms with E-state index in [4.69, 9.17) is 5.84 Å². The molecular weight excluding hydrogens is 292 g/mol. The molecule has 2 aromatic rings. The first-order valence-electron chi connectivity index (χ1n) is 4.22. The molecule has 0 aliphatic carbocycles. The van der Waals surface area contributed by atoms with Gasteiger partial charge in [-0.25, -0.2) is 20.8 Å². The maximum absolute atomic E-state index is 5.23. The molecule has 0 unspecified atom stereocenters. The van der Waals surface area contributed by atoms with Crippen molar-refractivity contribution in [2.24, 2.45) is 5.84 Å². The number of halogens is 1. The van der Waals surface area contributed by atoms with Crippen molar-refractivity contribution in [3.8, 4) is 0 Å². The van der Waals surface area contributed by atoms with E-state index in [9.17, 15) is 0 Å². The third kappa shape index (κ3) is 2.65. The van der Waals surface area contributed by atoms with E-state index in [-0.39, 0.29) is 0 Å². The number of anilines is 1. The van der Waals surface area contributed by atoms with Crippen molar-refractivity contribution in [3.63, 3.8) is 0 Å². The van der Waals surface area contributed by atoms with Gasteiger partial charge in [-0.15, -0.1) is 0 Å². The second-order valence-electron chi connectivity index (χ2n) is 2.64. The number of hydrogen-bond acceptors (Lipinski definition) is 7. The largest absolute Gasteiger partial charge is 0.292 e. The molecule has 2 rings (SSSR count). The van der Waals surface area contributed by atoms with E-state index in [0.29, 0.717) is 5.95 Å². The Morgan fingerprint density at radius 2 is 2.12 bits per heavy atom. The van der Waals surface area contributed by atoms with E-state index in [1.165, 1.54) is 11.8 Å². The van der Waals surface area contributed by atoms with Gasteiger partial charge in [0.15, 0.2) is 0 Å². The molecule has 0 saturated heterocycles. The maximum atomic E-state index is 5.23. The lowest BCUT2D eigenvalue weighted by molar-refractivity contribution is 0.996. The molecule has 8 heteroatoms. The van der Waals surface area contributed by atoms with Gasteiger partial charge in [-0.2, -0.15) is 0 Å². The van der Waals surface area contributed by atoms with Crippen molar-refractivity contribution in [2.45, 2.75) is 10.1 Å². The van der Waals surface area contributed by atoms with Gasteiger partial charge in [0.25, 0.3) is 0 Å². The summed E-state index contributed by atoms with van der Waals surface area (Å²) in [5.74, 6) is 5.59. The Labute approximate surface area is 104 Å². The number of nitrogens with zero attached hydrogens (tertiary/aromatic N) is 4. The molecule has 0 aromatic carbocycles. The van der Waals surface area contributed by atoms with Gasteiger partial charge in [-0.1, -0.05) is 0 Å². The van der Waals surface area contributed by atoms with Gasteiger partial charge in [0.1, 0.15) is 10.1 Å². The zero-order valence-corrected chi connectivity index (χ0v) is 10.4. The minimum absolute atomic E-state index is 0.356. The summed E-state index contributed by atoms with van der Waals surface area (Å²) in [6.45, 7) is 0. The van der Waals surface area contributed by atoms with Gasteiger partial charge in [-0.05, 0) is 27.7 Å². The van der Waals surface area contributed by atoms with Gasteiger partial charge >= 0.3 is 0 Å². The van der Waals surface area contributed by atoms with Crippen LogP contribution in [0.15, 0.2) is 39.3 Å². The molecule has 0 radical (unpaired) electrons. The summed E-state index contributed by atoms with van der Waals surface area (Å²) in [6.07, 6.45) is 6.53. The van der Waals surface area contributed by atoms with Crippen LogP contribution in [0.2, 0.25) is 0 Å². The van der Waals surface area contributed by atoms with E-state index in [1.54, 1.807) is 24.8 Å². The predicted molar refractivity (Wildman–Crippen MR) is 63.7 cm³/mol. The molecule has 0 aliphatic heterocycles. The zero-order chi connectivity index (χ0) is 11.4. The van der Waals surface area contributed by atoms with Gasteiger partial charge < -0.3 is 0 Å². The van der Waals surface area contributed by atoms with Crippen LogP contribution in [0.4, 0.5) is 5.95 Å². The molecule has 82 valence electrons. The first-order valence-corrected chi connectivity index (χ1v) is 5.83. The lowest BCUT2D eigenvalue weighted by atomic mass is 10.7. The number of nitrogens with one attached hydrogen (secondary N) is 1. The Morgan fingerprint density at radius 1 is 1.25 bits per heavy atom. The second-order valence-corrected chi connectivity index (χ2v) is 4.50. The molecule has 2 aromatic heterocycles. The number of nitrogens with two attached hydrogens (primary N) is 1. The Morgan fingerprint density at radius 3 is 2.81 bits per heavy atom. The van der Waals surface area contributed by atoms with Crippen molar-refractivity contribution >= 4 is 33.6 Å². The molecule has 6 nitrogen and oxygen atoms in total. The Hall–Kier alpha value is -1.25. The van der Waals surface area contributed by atoms with Crippen LogP contribution < -0.4 is 11.3 Å². The van der Waals surface area contributed by atoms with Gasteiger partial charge in [0, 0.05) is 18.6 Å². The SMILES string of the molecule is NNc1ncc(Br)c(Sc2cnccn2)n1. The van der Waals surface area contributed by atoms with Crippen LogP contribution in [-0.4, -0.2) is 19.9 Å². The van der Waals surface area contributed by atoms with Crippen molar-refractivity contribution in [1.82, 2.24) is 19.9 Å². The molecule has 0 atom stereocenters. The van der Waals surface area contributed by atoms with Crippen LogP contribution in [0, 0.1) is 0 Å². The number of hydrogen-bond donors (Lipinski definition) is 2. The highest BCUT2D eigenvalue weighted by Gasteiger charge is 2.07. The second kappa shape index (κ2) is 5.19. The van der Waals surface area contributed by atoms with Crippen LogP contribution in [0.25, 0.3) is 0 Å². The van der Waals surface area contributed by atoms with Crippen molar-refractivity contribution < 1.29 is 0 Å². The molecule has 16 heavy (non-hydrogen) atoms. The fourth-order valence-electron chi connectivity index (χ4n) is 0.930. The first kappa shape index (κ1) is 11.2. The molecule has 0 saturated carbocycles. The fourth-order valence-corrected chi connectivity index (χ4v) is 2.07. The summed E-state index contributed by atoms with van der Waals surface area (Å²) >= 11 is 4.73. The number of aromatic nitrogens is 4. The minimum Gasteiger partial charge on any atom is -0.292 e. The highest BCUT2D eigenvalue weighted by Crippen LogP contribution is 2.30. The van der Waals surface area contributed by atoms with Crippen molar-refractivity contribution in [2.75, 3.05) is 5.43 Å². The van der Waals surface area contributed by atoms with Gasteiger partial charge in [0.2, 0.25) is 5.95 Å². The molecule has 0 amide bonds. The first-order chi connectivity index (χ1) is 7.79. The van der Waals surface area contributed by atoms with E-state index in [1.807, 2.05) is 0 Å². The van der Waals surface area contributed by atoms with Gasteiger partial charge in [-0.3, -0.25) is 10.4 Å². The lowest BCUT2D eigenvalue weighted by Gasteiger charge is -2.04. The summed E-state index contributed by atoms with van der Waals surface area (Å²) in [5, 5.41) is 1.48. The smallest absolute Gasteiger partial charge is 0.238 e. The van der Waals surface area contributed by atoms with E-state index in [2.05, 4.69) is 41.3 Å². The van der Waals surface area contributed by atoms with E-state index < -0.39 is 0 Å². The molecule has 0 aliphatic rings. The van der Waals surface area contributed by atoms with Crippen molar-refractivity contribution in [1.29, 1.82) is 0 Å². The Bertz CT molecular complexity index is 479. The summed E-state index contributed by atoms with van der Waals surface area (Å²) in [7, 11) is 0. The molecule has 3 N–H and O–H groups in total. The lowest BCUT2D eigenvalue weighted by Crippen LogP contribution is -2.10. The number of nitrogen functional groups attached to an aromatic ring is 1. The molecular formula is C8H7BrN6S. The molecule has 0 spiro atoms. The normalized spacial score (nSPS) is 10.1. The predicted octanol–water partition coefficient (Wildman–Crippen LogP) is 1.47. The molecule has 2 heterocycles. The van der Waals surface area contributed by atoms with E-state index in [0.717, 1.165) is 14.5 Å². The maximum Gasteiger partial charge on any atom is 0.238 e. The minimum atomic E-state index is 0.356. The van der Waals surface area contributed by atoms with Crippen LogP contribution in [0.3, 0.4) is 0 Å². The average Bonchev–Trinajstić information content (AvgIpc) is 2.33. The third-order valence-corrected chi connectivity index (χ3v) is 3.35. The summed E-state index contributed by atoms with van der Waals surface area (Å²) < 4.78 is 0.780. The average molecular weight is 299 g/mol. The van der Waals surface area contributed by atoms with E-state index >= 15 is 0 Å². The number of hydrazine groups is 1. The number of rotatable bonds is 3. The highest BCUT2D eigenvalue weighted by molar-refractivity contribution is 9.10. The van der Waals surface area contributed by atoms with Crippen molar-refractivity contribution in [3.05, 3.63) is 29.3 Å². The molecule has 0 fully saturated rings. The monoisotopic (exact) mass is 298 g/mol. The van der Waals surface area contributed by atoms with Crippen LogP contribution in [0.5, 0.6) is 0 Å². The topological polar surface area (TPSA) is 89.6 Å². The highest BCUT2D eigenvalue weighted by atomic mass is 79.9. The van der Waals surface area contributed by atoms with Crippen LogP contribution in [-0.2, 0) is 0 Å². The van der Waals surface area contributed by atoms with Crippen LogP contribution >= 0.6 is 27.7 Å². The Balaban J connectivity index is 2.27. The summed E-state index contributed by atoms with van der Waals surface area (Å²) in [5.41, 5.74) is 2.39. The standard InChI is InChI=1S/C8H7BrN6S/c9-5-3-13-8(15-10)14-7(5)16-6-4-11-1-2-12-6/h1-4H,10H2,(H,13,14,15). The summed E-state index contributed by atoms with van der Waals surface area (Å²) in [6, 6.07) is 0. The fraction of sp³-hybridized carbons (Fsp3) is 0. The Kier molecular flexibility index (Phi) is 3.65. The van der Waals surface area contributed by atoms with Gasteiger partial charge in [0.05, 0.1) is 10.7 Å². The summed E-state index contributed by atoms with van der Waals surface area (Å²) in [4.78, 5) is 16.3. The molecule has 0 bridgehead atoms. The van der Waals surface area contributed by atoms with Crippen LogP contribution in [0.1, 0.15) is 0 Å². The zero-order valence-electron chi connectivity index (χ0n) is 7.96.